The molecule has 0 saturated carbocycles. The Bertz CT molecular complexity index is 823. The van der Waals surface area contributed by atoms with Crippen molar-refractivity contribution in [2.24, 2.45) is 4.99 Å². The second-order valence-corrected chi connectivity index (χ2v) is 7.22. The first-order valence-corrected chi connectivity index (χ1v) is 9.71. The fourth-order valence-corrected chi connectivity index (χ4v) is 3.89. The lowest BCUT2D eigenvalue weighted by molar-refractivity contribution is 0.302. The zero-order valence-electron chi connectivity index (χ0n) is 15.4. The minimum Gasteiger partial charge on any atom is -0.494 e. The third kappa shape index (κ3) is 3.69. The van der Waals surface area contributed by atoms with Crippen LogP contribution in [0.1, 0.15) is 61.4 Å². The first-order valence-electron chi connectivity index (χ1n) is 9.71. The minimum atomic E-state index is 0.374. The van der Waals surface area contributed by atoms with E-state index in [1.807, 2.05) is 24.4 Å². The Morgan fingerprint density at radius 2 is 2.04 bits per heavy atom. The average Bonchev–Trinajstić information content (AvgIpc) is 3.38. The van der Waals surface area contributed by atoms with E-state index in [0.717, 1.165) is 35.7 Å². The number of rotatable bonds is 3. The van der Waals surface area contributed by atoms with Gasteiger partial charge in [0.1, 0.15) is 11.5 Å². The van der Waals surface area contributed by atoms with Crippen LogP contribution in [0.15, 0.2) is 59.2 Å². The summed E-state index contributed by atoms with van der Waals surface area (Å²) in [6.07, 6.45) is 17.3. The van der Waals surface area contributed by atoms with Crippen LogP contribution in [-0.2, 0) is 11.2 Å². The van der Waals surface area contributed by atoms with Gasteiger partial charge in [-0.05, 0) is 49.1 Å². The van der Waals surface area contributed by atoms with Crippen LogP contribution in [0.5, 0.6) is 0 Å². The maximum absolute atomic E-state index is 5.61. The maximum Gasteiger partial charge on any atom is 0.146 e. The lowest BCUT2D eigenvalue weighted by Crippen LogP contribution is -1.97. The molecule has 2 aliphatic rings. The highest BCUT2D eigenvalue weighted by atomic mass is 16.5. The van der Waals surface area contributed by atoms with Gasteiger partial charge in [-0.2, -0.15) is 0 Å². The standard InChI is InChI=1S/C22H27N3O/c1-26-22-14-20(19-10-7-11-23-19)25-21(22)13-16-8-5-3-2-4-6-9-18-12-17(16)15-24-18/h7,10-16,23-24H,2-6,8-9H2,1H3. The van der Waals surface area contributed by atoms with Crippen LogP contribution in [0, 0.1) is 0 Å². The van der Waals surface area contributed by atoms with E-state index in [1.54, 1.807) is 7.11 Å². The van der Waals surface area contributed by atoms with Gasteiger partial charge in [0, 0.05) is 30.1 Å². The Hall–Kier alpha value is -2.49. The molecule has 2 N–H and O–H groups in total. The lowest BCUT2D eigenvalue weighted by Gasteiger charge is -2.13. The van der Waals surface area contributed by atoms with Crippen molar-refractivity contribution in [3.05, 3.63) is 71.2 Å². The van der Waals surface area contributed by atoms with Gasteiger partial charge < -0.3 is 14.7 Å². The van der Waals surface area contributed by atoms with Crippen LogP contribution in [0.2, 0.25) is 0 Å². The molecule has 1 unspecified atom stereocenters. The zero-order valence-corrected chi connectivity index (χ0v) is 15.4. The molecule has 0 aromatic carbocycles. The van der Waals surface area contributed by atoms with Gasteiger partial charge in [0.15, 0.2) is 0 Å². The Kier molecular flexibility index (Phi) is 5.09. The van der Waals surface area contributed by atoms with E-state index in [-0.39, 0.29) is 0 Å². The van der Waals surface area contributed by atoms with E-state index in [0.29, 0.717) is 5.92 Å². The first-order chi connectivity index (χ1) is 12.8. The third-order valence-electron chi connectivity index (χ3n) is 5.37. The topological polar surface area (TPSA) is 53.2 Å². The zero-order chi connectivity index (χ0) is 17.8. The number of nitrogens with zero attached hydrogens (tertiary/aromatic N) is 1. The number of hydrogen-bond acceptors (Lipinski definition) is 2. The highest BCUT2D eigenvalue weighted by Gasteiger charge is 2.20. The van der Waals surface area contributed by atoms with Crippen molar-refractivity contribution in [3.8, 4) is 0 Å². The molecule has 3 heterocycles. The number of aromatic amines is 2. The number of fused-ring (bicyclic) bond motifs is 2. The van der Waals surface area contributed by atoms with E-state index in [9.17, 15) is 0 Å². The summed E-state index contributed by atoms with van der Waals surface area (Å²) in [6.45, 7) is 0. The molecule has 0 amide bonds. The highest BCUT2D eigenvalue weighted by Crippen LogP contribution is 2.31. The van der Waals surface area contributed by atoms with Crippen LogP contribution < -0.4 is 0 Å². The fraction of sp³-hybridized carbons (Fsp3) is 0.409. The van der Waals surface area contributed by atoms with Crippen LogP contribution in [-0.4, -0.2) is 22.8 Å². The Morgan fingerprint density at radius 3 is 2.88 bits per heavy atom. The van der Waals surface area contributed by atoms with Gasteiger partial charge in [-0.3, -0.25) is 0 Å². The number of H-pyrrole nitrogens is 2. The van der Waals surface area contributed by atoms with E-state index >= 15 is 0 Å². The molecule has 4 rings (SSSR count). The second kappa shape index (κ2) is 7.81. The number of allylic oxidation sites excluding steroid dienone is 2. The number of nitrogens with one attached hydrogen (secondary N) is 2. The largest absolute Gasteiger partial charge is 0.494 e. The monoisotopic (exact) mass is 349 g/mol. The molecule has 0 saturated heterocycles. The molecule has 4 heteroatoms. The van der Waals surface area contributed by atoms with Crippen molar-refractivity contribution in [1.82, 2.24) is 9.97 Å². The molecule has 0 spiro atoms. The van der Waals surface area contributed by atoms with Gasteiger partial charge in [-0.15, -0.1) is 0 Å². The molecule has 1 atom stereocenters. The molecule has 1 aliphatic carbocycles. The molecular weight excluding hydrogens is 322 g/mol. The summed E-state index contributed by atoms with van der Waals surface area (Å²) in [6, 6.07) is 6.37. The van der Waals surface area contributed by atoms with Crippen LogP contribution in [0.4, 0.5) is 0 Å². The average molecular weight is 349 g/mol. The van der Waals surface area contributed by atoms with Crippen molar-refractivity contribution in [1.29, 1.82) is 0 Å². The van der Waals surface area contributed by atoms with E-state index < -0.39 is 0 Å². The Balaban J connectivity index is 1.64. The smallest absolute Gasteiger partial charge is 0.146 e. The van der Waals surface area contributed by atoms with Gasteiger partial charge in [-0.1, -0.05) is 25.7 Å². The number of aliphatic imine (C=N–C) groups is 1. The molecule has 2 bridgehead atoms. The molecule has 136 valence electrons. The molecular formula is C22H27N3O. The van der Waals surface area contributed by atoms with Crippen molar-refractivity contribution in [3.63, 3.8) is 0 Å². The molecule has 26 heavy (non-hydrogen) atoms. The van der Waals surface area contributed by atoms with E-state index in [1.165, 1.54) is 43.4 Å². The lowest BCUT2D eigenvalue weighted by atomic mass is 9.93. The van der Waals surface area contributed by atoms with Gasteiger partial charge in [-0.25, -0.2) is 4.99 Å². The number of aryl methyl sites for hydroxylation is 1. The van der Waals surface area contributed by atoms with E-state index in [4.69, 9.17) is 9.73 Å². The van der Waals surface area contributed by atoms with Crippen molar-refractivity contribution in [2.75, 3.05) is 7.11 Å². The Morgan fingerprint density at radius 1 is 1.15 bits per heavy atom. The van der Waals surface area contributed by atoms with Crippen molar-refractivity contribution in [2.45, 2.75) is 50.9 Å². The summed E-state index contributed by atoms with van der Waals surface area (Å²) in [5.74, 6) is 1.22. The summed E-state index contributed by atoms with van der Waals surface area (Å²) in [4.78, 5) is 11.5. The SMILES string of the molecule is COC1=CC(c2ccc[nH]2)=NC1=CC1CCCCCCCc2cc1c[nH]2. The molecule has 2 aromatic heterocycles. The summed E-state index contributed by atoms with van der Waals surface area (Å²) in [5, 5.41) is 0. The van der Waals surface area contributed by atoms with Crippen LogP contribution >= 0.6 is 0 Å². The molecule has 1 aliphatic heterocycles. The van der Waals surface area contributed by atoms with Gasteiger partial charge in [0.05, 0.1) is 18.5 Å². The second-order valence-electron chi connectivity index (χ2n) is 7.22. The van der Waals surface area contributed by atoms with Gasteiger partial charge in [0.2, 0.25) is 0 Å². The number of aromatic nitrogens is 2. The molecule has 0 radical (unpaired) electrons. The summed E-state index contributed by atoms with van der Waals surface area (Å²) >= 11 is 0. The predicted molar refractivity (Wildman–Crippen MR) is 105 cm³/mol. The summed E-state index contributed by atoms with van der Waals surface area (Å²) in [7, 11) is 1.72. The van der Waals surface area contributed by atoms with Crippen LogP contribution in [0.25, 0.3) is 0 Å². The van der Waals surface area contributed by atoms with Crippen molar-refractivity contribution < 1.29 is 4.74 Å². The first kappa shape index (κ1) is 17.0. The normalized spacial score (nSPS) is 22.7. The number of hydrogen-bond donors (Lipinski definition) is 2. The predicted octanol–water partition coefficient (Wildman–Crippen LogP) is 5.24. The quantitative estimate of drug-likeness (QED) is 0.782. The van der Waals surface area contributed by atoms with Gasteiger partial charge in [0.25, 0.3) is 0 Å². The maximum atomic E-state index is 5.61. The fourth-order valence-electron chi connectivity index (χ4n) is 3.89. The molecule has 0 fully saturated rings. The van der Waals surface area contributed by atoms with Gasteiger partial charge >= 0.3 is 0 Å². The Labute approximate surface area is 155 Å². The van der Waals surface area contributed by atoms with Crippen molar-refractivity contribution >= 4 is 5.71 Å². The minimum absolute atomic E-state index is 0.374. The molecule has 4 nitrogen and oxygen atoms in total. The van der Waals surface area contributed by atoms with Crippen LogP contribution in [0.3, 0.4) is 0 Å². The summed E-state index contributed by atoms with van der Waals surface area (Å²) in [5.41, 5.74) is 5.63. The summed E-state index contributed by atoms with van der Waals surface area (Å²) < 4.78 is 5.61. The molecule has 2 aromatic rings. The number of ether oxygens (including phenoxy) is 1. The van der Waals surface area contributed by atoms with E-state index in [2.05, 4.69) is 28.3 Å². The highest BCUT2D eigenvalue weighted by molar-refractivity contribution is 6.10. The number of methoxy groups -OCH3 is 1. The third-order valence-corrected chi connectivity index (χ3v) is 5.37.